The zero-order valence-electron chi connectivity index (χ0n) is 11.4. The average molecular weight is 244 g/mol. The zero-order valence-corrected chi connectivity index (χ0v) is 11.4. The standard InChI is InChI=1S/C14H20N4/c1-10-7-5-6-8-13(10)11(2)16-12(3)14-17-15-9-18(14)4/h5-9,11-12,16H,1-4H3. The molecule has 0 fully saturated rings. The quantitative estimate of drug-likeness (QED) is 0.898. The van der Waals surface area contributed by atoms with Crippen LogP contribution in [-0.2, 0) is 7.05 Å². The highest BCUT2D eigenvalue weighted by Crippen LogP contribution is 2.20. The van der Waals surface area contributed by atoms with Crippen LogP contribution in [0, 0.1) is 6.92 Å². The minimum absolute atomic E-state index is 0.173. The smallest absolute Gasteiger partial charge is 0.149 e. The summed E-state index contributed by atoms with van der Waals surface area (Å²) in [4.78, 5) is 0. The Morgan fingerprint density at radius 1 is 1.17 bits per heavy atom. The Morgan fingerprint density at radius 2 is 1.89 bits per heavy atom. The molecule has 0 aliphatic heterocycles. The molecule has 2 rings (SSSR count). The monoisotopic (exact) mass is 244 g/mol. The third kappa shape index (κ3) is 2.59. The van der Waals surface area contributed by atoms with Crippen LogP contribution in [0.1, 0.15) is 42.9 Å². The Morgan fingerprint density at radius 3 is 2.50 bits per heavy atom. The summed E-state index contributed by atoms with van der Waals surface area (Å²) in [5, 5.41) is 11.6. The number of nitrogens with one attached hydrogen (secondary N) is 1. The van der Waals surface area contributed by atoms with Crippen LogP contribution in [0.5, 0.6) is 0 Å². The Bertz CT molecular complexity index is 518. The van der Waals surface area contributed by atoms with Crippen LogP contribution >= 0.6 is 0 Å². The summed E-state index contributed by atoms with van der Waals surface area (Å²) in [7, 11) is 1.96. The maximum absolute atomic E-state index is 4.14. The molecule has 2 unspecified atom stereocenters. The Labute approximate surface area is 108 Å². The molecule has 0 aliphatic rings. The molecule has 1 aromatic heterocycles. The van der Waals surface area contributed by atoms with E-state index in [0.717, 1.165) is 5.82 Å². The molecule has 1 heterocycles. The van der Waals surface area contributed by atoms with Crippen molar-refractivity contribution in [1.29, 1.82) is 0 Å². The van der Waals surface area contributed by atoms with Crippen LogP contribution < -0.4 is 5.32 Å². The summed E-state index contributed by atoms with van der Waals surface area (Å²) < 4.78 is 1.95. The van der Waals surface area contributed by atoms with Gasteiger partial charge < -0.3 is 9.88 Å². The van der Waals surface area contributed by atoms with E-state index >= 15 is 0 Å². The van der Waals surface area contributed by atoms with Gasteiger partial charge in [0.2, 0.25) is 0 Å². The van der Waals surface area contributed by atoms with Gasteiger partial charge in [-0.05, 0) is 31.9 Å². The zero-order chi connectivity index (χ0) is 13.1. The third-order valence-electron chi connectivity index (χ3n) is 3.29. The lowest BCUT2D eigenvalue weighted by Gasteiger charge is -2.21. The van der Waals surface area contributed by atoms with E-state index in [1.807, 2.05) is 11.6 Å². The molecule has 0 radical (unpaired) electrons. The first-order valence-electron chi connectivity index (χ1n) is 6.25. The molecule has 18 heavy (non-hydrogen) atoms. The van der Waals surface area contributed by atoms with Crippen molar-refractivity contribution in [2.75, 3.05) is 0 Å². The second kappa shape index (κ2) is 5.31. The summed E-state index contributed by atoms with van der Waals surface area (Å²) in [6.45, 7) is 6.43. The average Bonchev–Trinajstić information content (AvgIpc) is 2.76. The molecule has 0 saturated carbocycles. The van der Waals surface area contributed by atoms with Crippen molar-refractivity contribution in [3.05, 3.63) is 47.5 Å². The summed E-state index contributed by atoms with van der Waals surface area (Å²) in [5.74, 6) is 0.954. The van der Waals surface area contributed by atoms with Gasteiger partial charge in [-0.15, -0.1) is 10.2 Å². The third-order valence-corrected chi connectivity index (χ3v) is 3.29. The lowest BCUT2D eigenvalue weighted by Crippen LogP contribution is -2.25. The highest BCUT2D eigenvalue weighted by molar-refractivity contribution is 5.28. The van der Waals surface area contributed by atoms with Crippen molar-refractivity contribution in [3.63, 3.8) is 0 Å². The van der Waals surface area contributed by atoms with Crippen LogP contribution in [0.2, 0.25) is 0 Å². The van der Waals surface area contributed by atoms with E-state index in [1.165, 1.54) is 11.1 Å². The van der Waals surface area contributed by atoms with Crippen molar-refractivity contribution in [3.8, 4) is 0 Å². The van der Waals surface area contributed by atoms with Gasteiger partial charge in [-0.25, -0.2) is 0 Å². The number of nitrogens with zero attached hydrogens (tertiary/aromatic N) is 3. The number of aromatic nitrogens is 3. The topological polar surface area (TPSA) is 42.7 Å². The van der Waals surface area contributed by atoms with Gasteiger partial charge in [0.25, 0.3) is 0 Å². The van der Waals surface area contributed by atoms with E-state index in [1.54, 1.807) is 6.33 Å². The second-order valence-corrected chi connectivity index (χ2v) is 4.77. The second-order valence-electron chi connectivity index (χ2n) is 4.77. The molecule has 0 amide bonds. The highest BCUT2D eigenvalue weighted by atomic mass is 15.3. The van der Waals surface area contributed by atoms with Gasteiger partial charge in [0.15, 0.2) is 0 Å². The van der Waals surface area contributed by atoms with Crippen molar-refractivity contribution < 1.29 is 0 Å². The van der Waals surface area contributed by atoms with Gasteiger partial charge in [0, 0.05) is 13.1 Å². The first-order chi connectivity index (χ1) is 8.59. The van der Waals surface area contributed by atoms with E-state index in [2.05, 4.69) is 60.6 Å². The largest absolute Gasteiger partial charge is 0.319 e. The van der Waals surface area contributed by atoms with Crippen LogP contribution in [0.4, 0.5) is 0 Å². The molecule has 96 valence electrons. The number of benzene rings is 1. The molecule has 0 aliphatic carbocycles. The molecule has 1 N–H and O–H groups in total. The maximum Gasteiger partial charge on any atom is 0.149 e. The molecule has 0 bridgehead atoms. The molecule has 4 heteroatoms. The van der Waals surface area contributed by atoms with E-state index in [0.29, 0.717) is 0 Å². The highest BCUT2D eigenvalue weighted by Gasteiger charge is 2.15. The summed E-state index contributed by atoms with van der Waals surface area (Å²) in [5.41, 5.74) is 2.63. The molecular formula is C14H20N4. The minimum Gasteiger partial charge on any atom is -0.319 e. The Balaban J connectivity index is 2.11. The minimum atomic E-state index is 0.173. The fourth-order valence-electron chi connectivity index (χ4n) is 2.30. The van der Waals surface area contributed by atoms with Gasteiger partial charge >= 0.3 is 0 Å². The Hall–Kier alpha value is -1.68. The van der Waals surface area contributed by atoms with Crippen molar-refractivity contribution in [2.24, 2.45) is 7.05 Å². The number of aryl methyl sites for hydroxylation is 2. The van der Waals surface area contributed by atoms with E-state index in [9.17, 15) is 0 Å². The molecular weight excluding hydrogens is 224 g/mol. The lowest BCUT2D eigenvalue weighted by atomic mass is 10.0. The van der Waals surface area contributed by atoms with Crippen molar-refractivity contribution in [2.45, 2.75) is 32.9 Å². The first-order valence-corrected chi connectivity index (χ1v) is 6.25. The van der Waals surface area contributed by atoms with Crippen LogP contribution in [0.3, 0.4) is 0 Å². The van der Waals surface area contributed by atoms with E-state index in [-0.39, 0.29) is 12.1 Å². The normalized spacial score (nSPS) is 14.4. The number of rotatable bonds is 4. The van der Waals surface area contributed by atoms with Crippen LogP contribution in [-0.4, -0.2) is 14.8 Å². The predicted octanol–water partition coefficient (Wildman–Crippen LogP) is 2.54. The predicted molar refractivity (Wildman–Crippen MR) is 72.1 cm³/mol. The molecule has 2 aromatic rings. The van der Waals surface area contributed by atoms with Crippen LogP contribution in [0.15, 0.2) is 30.6 Å². The van der Waals surface area contributed by atoms with Gasteiger partial charge in [-0.2, -0.15) is 0 Å². The summed E-state index contributed by atoms with van der Waals surface area (Å²) >= 11 is 0. The molecule has 1 aromatic carbocycles. The summed E-state index contributed by atoms with van der Waals surface area (Å²) in [6.07, 6.45) is 1.73. The first kappa shape index (κ1) is 12.8. The van der Waals surface area contributed by atoms with Gasteiger partial charge in [0.1, 0.15) is 12.2 Å². The lowest BCUT2D eigenvalue weighted by molar-refractivity contribution is 0.465. The molecule has 2 atom stereocenters. The summed E-state index contributed by atoms with van der Waals surface area (Å²) in [6, 6.07) is 8.91. The SMILES string of the molecule is Cc1ccccc1C(C)NC(C)c1nncn1C. The number of hydrogen-bond donors (Lipinski definition) is 1. The van der Waals surface area contributed by atoms with Gasteiger partial charge in [-0.3, -0.25) is 0 Å². The molecule has 0 spiro atoms. The number of hydrogen-bond acceptors (Lipinski definition) is 3. The van der Waals surface area contributed by atoms with E-state index in [4.69, 9.17) is 0 Å². The van der Waals surface area contributed by atoms with Gasteiger partial charge in [-0.1, -0.05) is 24.3 Å². The fraction of sp³-hybridized carbons (Fsp3) is 0.429. The van der Waals surface area contributed by atoms with Crippen molar-refractivity contribution in [1.82, 2.24) is 20.1 Å². The molecule has 4 nitrogen and oxygen atoms in total. The fourth-order valence-corrected chi connectivity index (χ4v) is 2.30. The van der Waals surface area contributed by atoms with Gasteiger partial charge in [0.05, 0.1) is 6.04 Å². The maximum atomic E-state index is 4.14. The molecule has 0 saturated heterocycles. The van der Waals surface area contributed by atoms with Crippen molar-refractivity contribution >= 4 is 0 Å². The van der Waals surface area contributed by atoms with Crippen LogP contribution in [0.25, 0.3) is 0 Å². The Kier molecular flexibility index (Phi) is 3.77. The van der Waals surface area contributed by atoms with E-state index < -0.39 is 0 Å².